The first-order chi connectivity index (χ1) is 8.09. The predicted molar refractivity (Wildman–Crippen MR) is 68.6 cm³/mol. The van der Waals surface area contributed by atoms with Gasteiger partial charge in [-0.05, 0) is 37.3 Å². The molecule has 2 rings (SSSR count). The van der Waals surface area contributed by atoms with Gasteiger partial charge < -0.3 is 10.4 Å². The van der Waals surface area contributed by atoms with Crippen LogP contribution in [0.25, 0.3) is 0 Å². The maximum atomic E-state index is 11.2. The quantitative estimate of drug-likeness (QED) is 0.842. The van der Waals surface area contributed by atoms with Gasteiger partial charge in [-0.2, -0.15) is 0 Å². The third-order valence-corrected chi connectivity index (χ3v) is 3.69. The molecule has 0 aliphatic heterocycles. The molecule has 0 spiro atoms. The van der Waals surface area contributed by atoms with E-state index in [2.05, 4.69) is 12.2 Å². The van der Waals surface area contributed by atoms with E-state index in [4.69, 9.17) is 0 Å². The number of hydrogen-bond donors (Lipinski definition) is 2. The SMILES string of the molecule is Cc1cccc(C(=O)O)c1NC1CCCC1C. The Bertz CT molecular complexity index is 428. The Labute approximate surface area is 102 Å². The summed E-state index contributed by atoms with van der Waals surface area (Å²) in [5.41, 5.74) is 2.17. The van der Waals surface area contributed by atoms with Crippen molar-refractivity contribution in [2.75, 3.05) is 5.32 Å². The predicted octanol–water partition coefficient (Wildman–Crippen LogP) is 3.29. The zero-order chi connectivity index (χ0) is 12.4. The molecule has 1 aromatic rings. The number of benzene rings is 1. The highest BCUT2D eigenvalue weighted by atomic mass is 16.4. The summed E-state index contributed by atoms with van der Waals surface area (Å²) < 4.78 is 0. The zero-order valence-corrected chi connectivity index (χ0v) is 10.4. The van der Waals surface area contributed by atoms with Crippen molar-refractivity contribution in [3.05, 3.63) is 29.3 Å². The van der Waals surface area contributed by atoms with Gasteiger partial charge in [0.1, 0.15) is 0 Å². The van der Waals surface area contributed by atoms with Crippen LogP contribution in [0, 0.1) is 12.8 Å². The van der Waals surface area contributed by atoms with E-state index >= 15 is 0 Å². The van der Waals surface area contributed by atoms with Crippen molar-refractivity contribution < 1.29 is 9.90 Å². The minimum atomic E-state index is -0.859. The van der Waals surface area contributed by atoms with Gasteiger partial charge in [-0.3, -0.25) is 0 Å². The van der Waals surface area contributed by atoms with Gasteiger partial charge in [0.15, 0.2) is 0 Å². The van der Waals surface area contributed by atoms with Gasteiger partial charge in [-0.1, -0.05) is 25.5 Å². The van der Waals surface area contributed by atoms with Crippen molar-refractivity contribution in [1.29, 1.82) is 0 Å². The lowest BCUT2D eigenvalue weighted by Gasteiger charge is -2.21. The number of rotatable bonds is 3. The minimum absolute atomic E-state index is 0.379. The average molecular weight is 233 g/mol. The van der Waals surface area contributed by atoms with Crippen molar-refractivity contribution >= 4 is 11.7 Å². The van der Waals surface area contributed by atoms with Crippen LogP contribution in [0.15, 0.2) is 18.2 Å². The molecular formula is C14H19NO2. The summed E-state index contributed by atoms with van der Waals surface area (Å²) in [5, 5.41) is 12.6. The summed E-state index contributed by atoms with van der Waals surface area (Å²) in [6, 6.07) is 5.82. The van der Waals surface area contributed by atoms with E-state index < -0.39 is 5.97 Å². The van der Waals surface area contributed by atoms with Gasteiger partial charge in [0, 0.05) is 6.04 Å². The van der Waals surface area contributed by atoms with Crippen LogP contribution in [-0.2, 0) is 0 Å². The lowest BCUT2D eigenvalue weighted by Crippen LogP contribution is -2.23. The number of hydrogen-bond acceptors (Lipinski definition) is 2. The topological polar surface area (TPSA) is 49.3 Å². The fourth-order valence-electron chi connectivity index (χ4n) is 2.58. The fraction of sp³-hybridized carbons (Fsp3) is 0.500. The smallest absolute Gasteiger partial charge is 0.337 e. The Balaban J connectivity index is 2.27. The number of carbonyl (C=O) groups is 1. The van der Waals surface area contributed by atoms with Crippen molar-refractivity contribution in [3.8, 4) is 0 Å². The highest BCUT2D eigenvalue weighted by Crippen LogP contribution is 2.30. The van der Waals surface area contributed by atoms with Crippen molar-refractivity contribution in [1.82, 2.24) is 0 Å². The Morgan fingerprint density at radius 1 is 1.41 bits per heavy atom. The number of aryl methyl sites for hydroxylation is 1. The van der Waals surface area contributed by atoms with E-state index in [1.54, 1.807) is 12.1 Å². The monoisotopic (exact) mass is 233 g/mol. The summed E-state index contributed by atoms with van der Waals surface area (Å²) in [4.78, 5) is 11.2. The van der Waals surface area contributed by atoms with Gasteiger partial charge in [-0.15, -0.1) is 0 Å². The van der Waals surface area contributed by atoms with E-state index in [0.29, 0.717) is 17.5 Å². The largest absolute Gasteiger partial charge is 0.478 e. The van der Waals surface area contributed by atoms with Gasteiger partial charge in [0.25, 0.3) is 0 Å². The number of nitrogens with one attached hydrogen (secondary N) is 1. The van der Waals surface area contributed by atoms with E-state index in [1.807, 2.05) is 13.0 Å². The van der Waals surface area contributed by atoms with Crippen molar-refractivity contribution in [3.63, 3.8) is 0 Å². The first-order valence-corrected chi connectivity index (χ1v) is 6.19. The molecule has 92 valence electrons. The van der Waals surface area contributed by atoms with Crippen molar-refractivity contribution in [2.24, 2.45) is 5.92 Å². The van der Waals surface area contributed by atoms with E-state index in [-0.39, 0.29) is 0 Å². The number of anilines is 1. The average Bonchev–Trinajstić information content (AvgIpc) is 2.67. The Morgan fingerprint density at radius 3 is 2.76 bits per heavy atom. The molecule has 1 aromatic carbocycles. The maximum Gasteiger partial charge on any atom is 0.337 e. The van der Waals surface area contributed by atoms with Crippen LogP contribution >= 0.6 is 0 Å². The van der Waals surface area contributed by atoms with Crippen LogP contribution < -0.4 is 5.32 Å². The highest BCUT2D eigenvalue weighted by molar-refractivity contribution is 5.95. The summed E-state index contributed by atoms with van der Waals surface area (Å²) >= 11 is 0. The summed E-state index contributed by atoms with van der Waals surface area (Å²) in [6.07, 6.45) is 3.59. The zero-order valence-electron chi connectivity index (χ0n) is 10.4. The van der Waals surface area contributed by atoms with Crippen LogP contribution in [0.3, 0.4) is 0 Å². The molecule has 2 atom stereocenters. The number of para-hydroxylation sites is 1. The molecule has 0 saturated heterocycles. The maximum absolute atomic E-state index is 11.2. The molecule has 3 heteroatoms. The number of carboxylic acid groups (broad SMARTS) is 1. The van der Waals surface area contributed by atoms with Crippen LogP contribution in [0.5, 0.6) is 0 Å². The van der Waals surface area contributed by atoms with E-state index in [0.717, 1.165) is 17.7 Å². The van der Waals surface area contributed by atoms with E-state index in [9.17, 15) is 9.90 Å². The fourth-order valence-corrected chi connectivity index (χ4v) is 2.58. The van der Waals surface area contributed by atoms with Crippen molar-refractivity contribution in [2.45, 2.75) is 39.2 Å². The van der Waals surface area contributed by atoms with Gasteiger partial charge in [0.2, 0.25) is 0 Å². The Kier molecular flexibility index (Phi) is 3.36. The lowest BCUT2D eigenvalue weighted by molar-refractivity contribution is 0.0698. The third kappa shape index (κ3) is 2.43. The second-order valence-electron chi connectivity index (χ2n) is 4.96. The summed E-state index contributed by atoms with van der Waals surface area (Å²) in [6.45, 7) is 4.18. The molecule has 1 aliphatic carbocycles. The normalized spacial score (nSPS) is 23.6. The van der Waals surface area contributed by atoms with Crippen LogP contribution in [0.1, 0.15) is 42.1 Å². The molecule has 2 unspecified atom stereocenters. The van der Waals surface area contributed by atoms with Gasteiger partial charge in [-0.25, -0.2) is 4.79 Å². The molecule has 0 radical (unpaired) electrons. The second kappa shape index (κ2) is 4.78. The molecule has 3 nitrogen and oxygen atoms in total. The number of aromatic carboxylic acids is 1. The third-order valence-electron chi connectivity index (χ3n) is 3.69. The standard InChI is InChI=1S/C14H19NO2/c1-9-5-4-8-12(9)15-13-10(2)6-3-7-11(13)14(16)17/h3,6-7,9,12,15H,4-5,8H2,1-2H3,(H,16,17). The van der Waals surface area contributed by atoms with Crippen LogP contribution in [0.4, 0.5) is 5.69 Å². The van der Waals surface area contributed by atoms with Crippen LogP contribution in [-0.4, -0.2) is 17.1 Å². The molecule has 0 bridgehead atoms. The molecule has 1 saturated carbocycles. The lowest BCUT2D eigenvalue weighted by atomic mass is 10.0. The minimum Gasteiger partial charge on any atom is -0.478 e. The Morgan fingerprint density at radius 2 is 2.18 bits per heavy atom. The molecule has 2 N–H and O–H groups in total. The van der Waals surface area contributed by atoms with E-state index in [1.165, 1.54) is 12.8 Å². The molecule has 1 fully saturated rings. The molecular weight excluding hydrogens is 214 g/mol. The van der Waals surface area contributed by atoms with Crippen LogP contribution in [0.2, 0.25) is 0 Å². The van der Waals surface area contributed by atoms with Gasteiger partial charge >= 0.3 is 5.97 Å². The molecule has 0 aromatic heterocycles. The Hall–Kier alpha value is -1.51. The highest BCUT2D eigenvalue weighted by Gasteiger charge is 2.25. The summed E-state index contributed by atoms with van der Waals surface area (Å²) in [5.74, 6) is -0.238. The molecule has 17 heavy (non-hydrogen) atoms. The first-order valence-electron chi connectivity index (χ1n) is 6.19. The summed E-state index contributed by atoms with van der Waals surface area (Å²) in [7, 11) is 0. The van der Waals surface area contributed by atoms with Gasteiger partial charge in [0.05, 0.1) is 11.3 Å². The number of carboxylic acids is 1. The second-order valence-corrected chi connectivity index (χ2v) is 4.96. The first kappa shape index (κ1) is 12.0. The molecule has 1 aliphatic rings. The molecule has 0 heterocycles. The molecule has 0 amide bonds.